The van der Waals surface area contributed by atoms with E-state index in [2.05, 4.69) is 14.7 Å². The van der Waals surface area contributed by atoms with Crippen molar-refractivity contribution in [3.63, 3.8) is 0 Å². The summed E-state index contributed by atoms with van der Waals surface area (Å²) in [7, 11) is 0. The Balaban J connectivity index is 1.43. The van der Waals surface area contributed by atoms with Crippen molar-refractivity contribution in [1.82, 2.24) is 14.9 Å². The Morgan fingerprint density at radius 3 is 2.58 bits per heavy atom. The molecule has 1 aliphatic heterocycles. The van der Waals surface area contributed by atoms with Crippen LogP contribution in [0.3, 0.4) is 0 Å². The molecule has 2 atom stereocenters. The molecule has 14 heteroatoms. The number of esters is 1. The number of halogens is 4. The summed E-state index contributed by atoms with van der Waals surface area (Å²) >= 11 is 14.1. The topological polar surface area (TPSA) is 117 Å². The van der Waals surface area contributed by atoms with Gasteiger partial charge in [0.05, 0.1) is 16.7 Å². The van der Waals surface area contributed by atoms with Crippen LogP contribution in [-0.4, -0.2) is 57.6 Å². The Kier molecular flexibility index (Phi) is 10.2. The maximum Gasteiger partial charge on any atom is 0.387 e. The van der Waals surface area contributed by atoms with Gasteiger partial charge in [0.2, 0.25) is 0 Å². The number of benzene rings is 1. The average Bonchev–Trinajstić information content (AvgIpc) is 3.70. The molecule has 3 heterocycles. The number of hydrogen-bond acceptors (Lipinski definition) is 9. The molecule has 1 unspecified atom stereocenters. The van der Waals surface area contributed by atoms with Crippen LogP contribution in [0.15, 0.2) is 48.9 Å². The standard InChI is InChI=1S/C29H28Cl2F2N4O5S/c30-20-13-35-14-21(31)19(20)11-24(18-3-4-23(42-29(32)33)25(10-18)40-15-16-1-2-16)41-28(39)27-37(7-8-43-27)26(38)22-9-17(12-34)5-6-36-22/h3-6,9-10,13-14,16,24,27,29H,1-2,7-8,11-12,15,34H2/t24?,27-/m0/s1. The highest BCUT2D eigenvalue weighted by molar-refractivity contribution is 8.00. The summed E-state index contributed by atoms with van der Waals surface area (Å²) in [4.78, 5) is 36.5. The van der Waals surface area contributed by atoms with E-state index >= 15 is 0 Å². The maximum absolute atomic E-state index is 13.7. The summed E-state index contributed by atoms with van der Waals surface area (Å²) in [5.41, 5.74) is 7.52. The first-order valence-corrected chi connectivity index (χ1v) is 15.3. The van der Waals surface area contributed by atoms with Gasteiger partial charge in [0, 0.05) is 43.9 Å². The minimum Gasteiger partial charge on any atom is -0.489 e. The molecule has 2 N–H and O–H groups in total. The molecule has 2 aliphatic rings. The third-order valence-corrected chi connectivity index (χ3v) is 8.79. The molecule has 2 aromatic heterocycles. The highest BCUT2D eigenvalue weighted by atomic mass is 35.5. The number of amides is 1. The number of pyridine rings is 2. The monoisotopic (exact) mass is 652 g/mol. The van der Waals surface area contributed by atoms with Gasteiger partial charge in [-0.25, -0.2) is 4.79 Å². The van der Waals surface area contributed by atoms with Crippen molar-refractivity contribution >= 4 is 46.8 Å². The van der Waals surface area contributed by atoms with Crippen molar-refractivity contribution in [1.29, 1.82) is 0 Å². The van der Waals surface area contributed by atoms with Crippen LogP contribution in [0, 0.1) is 5.92 Å². The van der Waals surface area contributed by atoms with Crippen molar-refractivity contribution in [2.24, 2.45) is 11.7 Å². The third kappa shape index (κ3) is 7.86. The van der Waals surface area contributed by atoms with Gasteiger partial charge in [0.25, 0.3) is 5.91 Å². The lowest BCUT2D eigenvalue weighted by Crippen LogP contribution is -2.41. The summed E-state index contributed by atoms with van der Waals surface area (Å²) < 4.78 is 42.8. The fourth-order valence-corrected chi connectivity index (χ4v) is 6.12. The number of nitrogens with two attached hydrogens (primary N) is 1. The molecule has 1 saturated heterocycles. The lowest BCUT2D eigenvalue weighted by atomic mass is 10.0. The van der Waals surface area contributed by atoms with E-state index in [4.69, 9.17) is 38.4 Å². The summed E-state index contributed by atoms with van der Waals surface area (Å²) in [5.74, 6) is -0.300. The Bertz CT molecular complexity index is 1460. The number of thioether (sulfide) groups is 1. The zero-order valence-corrected chi connectivity index (χ0v) is 25.1. The normalized spacial score (nSPS) is 17.2. The highest BCUT2D eigenvalue weighted by Crippen LogP contribution is 2.38. The third-order valence-electron chi connectivity index (χ3n) is 6.96. The summed E-state index contributed by atoms with van der Waals surface area (Å²) in [6, 6.07) is 7.66. The van der Waals surface area contributed by atoms with Gasteiger partial charge in [0.1, 0.15) is 11.8 Å². The largest absolute Gasteiger partial charge is 0.489 e. The summed E-state index contributed by atoms with van der Waals surface area (Å²) in [5, 5.41) is -0.433. The lowest BCUT2D eigenvalue weighted by Gasteiger charge is -2.26. The number of ether oxygens (including phenoxy) is 3. The molecule has 1 aromatic carbocycles. The van der Waals surface area contributed by atoms with Crippen LogP contribution < -0.4 is 15.2 Å². The first-order valence-electron chi connectivity index (χ1n) is 13.5. The molecule has 0 bridgehead atoms. The molecule has 228 valence electrons. The molecule has 43 heavy (non-hydrogen) atoms. The predicted octanol–water partition coefficient (Wildman–Crippen LogP) is 5.67. The van der Waals surface area contributed by atoms with Gasteiger partial charge in [-0.2, -0.15) is 8.78 Å². The highest BCUT2D eigenvalue weighted by Gasteiger charge is 2.38. The van der Waals surface area contributed by atoms with Gasteiger partial charge < -0.3 is 24.8 Å². The molecule has 1 aliphatic carbocycles. The molecule has 9 nitrogen and oxygen atoms in total. The van der Waals surface area contributed by atoms with E-state index in [1.54, 1.807) is 12.1 Å². The van der Waals surface area contributed by atoms with Gasteiger partial charge in [-0.1, -0.05) is 29.3 Å². The van der Waals surface area contributed by atoms with Crippen molar-refractivity contribution < 1.29 is 32.6 Å². The van der Waals surface area contributed by atoms with Gasteiger partial charge >= 0.3 is 12.6 Å². The first-order chi connectivity index (χ1) is 20.7. The van der Waals surface area contributed by atoms with E-state index in [-0.39, 0.29) is 40.2 Å². The second-order valence-electron chi connectivity index (χ2n) is 10.0. The summed E-state index contributed by atoms with van der Waals surface area (Å²) in [6.45, 7) is -2.17. The van der Waals surface area contributed by atoms with E-state index in [0.717, 1.165) is 18.4 Å². The second kappa shape index (κ2) is 14.1. The van der Waals surface area contributed by atoms with E-state index in [1.807, 2.05) is 0 Å². The van der Waals surface area contributed by atoms with Crippen LogP contribution in [0.25, 0.3) is 0 Å². The van der Waals surface area contributed by atoms with Crippen LogP contribution in [0.1, 0.15) is 46.1 Å². The van der Waals surface area contributed by atoms with Crippen molar-refractivity contribution in [2.75, 3.05) is 18.9 Å². The van der Waals surface area contributed by atoms with Crippen molar-refractivity contribution in [3.05, 3.63) is 81.4 Å². The molecule has 3 aromatic rings. The second-order valence-corrected chi connectivity index (χ2v) is 12.0. The summed E-state index contributed by atoms with van der Waals surface area (Å²) in [6.07, 6.45) is 5.37. The SMILES string of the molecule is NCc1ccnc(C(=O)N2CCS[C@H]2C(=O)OC(Cc2c(Cl)cncc2Cl)c2ccc(OC(F)F)c(OCC3CC3)c2)c1. The fraction of sp³-hybridized carbons (Fsp3) is 0.379. The van der Waals surface area contributed by atoms with Gasteiger partial charge in [-0.05, 0) is 59.7 Å². The average molecular weight is 654 g/mol. The first kappa shape index (κ1) is 31.2. The van der Waals surface area contributed by atoms with Crippen LogP contribution in [0.5, 0.6) is 11.5 Å². The minimum absolute atomic E-state index is 0.0362. The number of alkyl halides is 2. The van der Waals surface area contributed by atoms with Gasteiger partial charge in [0.15, 0.2) is 16.9 Å². The van der Waals surface area contributed by atoms with E-state index in [9.17, 15) is 18.4 Å². The van der Waals surface area contributed by atoms with E-state index in [1.165, 1.54) is 53.5 Å². The minimum atomic E-state index is -3.06. The predicted molar refractivity (Wildman–Crippen MR) is 157 cm³/mol. The van der Waals surface area contributed by atoms with E-state index in [0.29, 0.717) is 35.9 Å². The molecule has 1 amide bonds. The molecular weight excluding hydrogens is 625 g/mol. The van der Waals surface area contributed by atoms with Gasteiger partial charge in [-0.3, -0.25) is 14.8 Å². The molecule has 1 saturated carbocycles. The fourth-order valence-electron chi connectivity index (χ4n) is 4.51. The Labute approximate surface area is 261 Å². The quantitative estimate of drug-likeness (QED) is 0.247. The van der Waals surface area contributed by atoms with Gasteiger partial charge in [-0.15, -0.1) is 11.8 Å². The molecule has 5 rings (SSSR count). The van der Waals surface area contributed by atoms with Crippen molar-refractivity contribution in [3.8, 4) is 11.5 Å². The Morgan fingerprint density at radius 1 is 1.12 bits per heavy atom. The van der Waals surface area contributed by atoms with E-state index < -0.39 is 30.0 Å². The number of rotatable bonds is 12. The molecule has 2 fully saturated rings. The Morgan fingerprint density at radius 2 is 1.88 bits per heavy atom. The van der Waals surface area contributed by atoms with Crippen LogP contribution in [0.4, 0.5) is 8.78 Å². The number of nitrogens with zero attached hydrogens (tertiary/aromatic N) is 3. The number of carbonyl (C=O) groups is 2. The maximum atomic E-state index is 13.7. The number of carbonyl (C=O) groups excluding carboxylic acids is 2. The molecule has 0 spiro atoms. The molecular formula is C29H28Cl2F2N4O5S. The zero-order valence-electron chi connectivity index (χ0n) is 22.8. The number of aromatic nitrogens is 2. The van der Waals surface area contributed by atoms with Crippen LogP contribution in [0.2, 0.25) is 10.0 Å². The zero-order chi connectivity index (χ0) is 30.5. The smallest absolute Gasteiger partial charge is 0.387 e. The van der Waals surface area contributed by atoms with Crippen LogP contribution >= 0.6 is 35.0 Å². The van der Waals surface area contributed by atoms with Crippen molar-refractivity contribution in [2.45, 2.75) is 43.9 Å². The lowest BCUT2D eigenvalue weighted by molar-refractivity contribution is -0.151. The van der Waals surface area contributed by atoms with Crippen LogP contribution in [-0.2, 0) is 22.5 Å². The Hall–Kier alpha value is -3.19. The number of hydrogen-bond donors (Lipinski definition) is 1. The molecule has 0 radical (unpaired) electrons.